The van der Waals surface area contributed by atoms with Crippen LogP contribution in [0, 0.1) is 0 Å². The van der Waals surface area contributed by atoms with E-state index >= 15 is 0 Å². The summed E-state index contributed by atoms with van der Waals surface area (Å²) in [6.45, 7) is 0. The molecule has 0 aromatic heterocycles. The molecule has 0 saturated carbocycles. The highest BCUT2D eigenvalue weighted by Gasteiger charge is 2.35. The number of carbonyl (C=O) groups excluding carboxylic acids is 1. The maximum Gasteiger partial charge on any atom is 0.323 e. The van der Waals surface area contributed by atoms with Crippen molar-refractivity contribution in [2.75, 3.05) is 7.11 Å². The maximum atomic E-state index is 12.9. The first-order chi connectivity index (χ1) is 11.8. The number of rotatable bonds is 3. The Morgan fingerprint density at radius 3 is 1.83 bits per heavy atom. The zero-order valence-electron chi connectivity index (χ0n) is 13.2. The third-order valence-corrected chi connectivity index (χ3v) is 4.35. The summed E-state index contributed by atoms with van der Waals surface area (Å²) < 4.78 is 10.9. The van der Waals surface area contributed by atoms with E-state index < -0.39 is 5.92 Å². The highest BCUT2D eigenvalue weighted by atomic mass is 16.6. The van der Waals surface area contributed by atoms with Crippen molar-refractivity contribution < 1.29 is 14.3 Å². The van der Waals surface area contributed by atoms with Crippen LogP contribution in [-0.4, -0.2) is 13.1 Å². The lowest BCUT2D eigenvalue weighted by molar-refractivity contribution is -0.135. The number of fused-ring (bicyclic) bond motifs is 3. The number of methoxy groups -OCH3 is 1. The van der Waals surface area contributed by atoms with Gasteiger partial charge >= 0.3 is 5.97 Å². The van der Waals surface area contributed by atoms with E-state index in [4.69, 9.17) is 9.47 Å². The summed E-state index contributed by atoms with van der Waals surface area (Å²) in [5.41, 5.74) is 4.15. The largest absolute Gasteiger partial charge is 0.493 e. The van der Waals surface area contributed by atoms with Gasteiger partial charge < -0.3 is 9.47 Å². The molecule has 0 aliphatic heterocycles. The standard InChI is InChI=1S/C21H16O3/c1-23-18-12-6-7-13-19(18)24-21(22)20-16-10-4-2-8-14(16)15-9-3-5-11-17(15)20/h2-13,20H,1H3. The van der Waals surface area contributed by atoms with Crippen LogP contribution in [-0.2, 0) is 4.79 Å². The molecule has 0 atom stereocenters. The zero-order valence-corrected chi connectivity index (χ0v) is 13.2. The van der Waals surface area contributed by atoms with E-state index in [0.717, 1.165) is 22.3 Å². The van der Waals surface area contributed by atoms with Gasteiger partial charge in [0, 0.05) is 0 Å². The molecule has 0 bridgehead atoms. The third-order valence-electron chi connectivity index (χ3n) is 4.35. The molecule has 0 heterocycles. The molecule has 0 saturated heterocycles. The lowest BCUT2D eigenvalue weighted by atomic mass is 9.97. The molecule has 3 nitrogen and oxygen atoms in total. The maximum absolute atomic E-state index is 12.9. The third kappa shape index (κ3) is 2.26. The average Bonchev–Trinajstić information content (AvgIpc) is 2.97. The summed E-state index contributed by atoms with van der Waals surface area (Å²) in [5, 5.41) is 0. The molecule has 0 amide bonds. The first-order valence-electron chi connectivity index (χ1n) is 7.82. The molecule has 3 heteroatoms. The van der Waals surface area contributed by atoms with Crippen molar-refractivity contribution in [1.82, 2.24) is 0 Å². The monoisotopic (exact) mass is 316 g/mol. The zero-order chi connectivity index (χ0) is 16.5. The van der Waals surface area contributed by atoms with Crippen LogP contribution in [0.3, 0.4) is 0 Å². The predicted molar refractivity (Wildman–Crippen MR) is 92.4 cm³/mol. The van der Waals surface area contributed by atoms with E-state index in [9.17, 15) is 4.79 Å². The molecule has 0 unspecified atom stereocenters. The van der Waals surface area contributed by atoms with Crippen LogP contribution in [0.25, 0.3) is 11.1 Å². The van der Waals surface area contributed by atoms with Crippen LogP contribution in [0.15, 0.2) is 72.8 Å². The van der Waals surface area contributed by atoms with Gasteiger partial charge in [0.05, 0.1) is 7.11 Å². The quantitative estimate of drug-likeness (QED) is 0.530. The van der Waals surface area contributed by atoms with Gasteiger partial charge in [-0.15, -0.1) is 0 Å². The Kier molecular flexibility index (Phi) is 3.54. The van der Waals surface area contributed by atoms with Crippen LogP contribution in [0.5, 0.6) is 11.5 Å². The molecule has 0 radical (unpaired) electrons. The second-order valence-corrected chi connectivity index (χ2v) is 5.68. The number of para-hydroxylation sites is 2. The van der Waals surface area contributed by atoms with Gasteiger partial charge in [0.2, 0.25) is 0 Å². The van der Waals surface area contributed by atoms with E-state index in [2.05, 4.69) is 0 Å². The van der Waals surface area contributed by atoms with Gasteiger partial charge in [-0.1, -0.05) is 60.7 Å². The molecule has 3 aromatic carbocycles. The van der Waals surface area contributed by atoms with Crippen molar-refractivity contribution in [3.05, 3.63) is 83.9 Å². The lowest BCUT2D eigenvalue weighted by Crippen LogP contribution is -2.18. The number of benzene rings is 3. The number of hydrogen-bond donors (Lipinski definition) is 0. The average molecular weight is 316 g/mol. The van der Waals surface area contributed by atoms with E-state index in [-0.39, 0.29) is 5.97 Å². The number of ether oxygens (including phenoxy) is 2. The minimum atomic E-state index is -0.415. The summed E-state index contributed by atoms with van der Waals surface area (Å²) in [7, 11) is 1.56. The van der Waals surface area contributed by atoms with Gasteiger partial charge in [-0.3, -0.25) is 4.79 Å². The lowest BCUT2D eigenvalue weighted by Gasteiger charge is -2.14. The fraction of sp³-hybridized carbons (Fsp3) is 0.0952. The molecule has 3 aromatic rings. The van der Waals surface area contributed by atoms with Crippen LogP contribution >= 0.6 is 0 Å². The Morgan fingerprint density at radius 1 is 0.750 bits per heavy atom. The highest BCUT2D eigenvalue weighted by molar-refractivity contribution is 5.94. The Morgan fingerprint density at radius 2 is 1.25 bits per heavy atom. The van der Waals surface area contributed by atoms with Crippen LogP contribution in [0.2, 0.25) is 0 Å². The Balaban J connectivity index is 1.75. The molecule has 0 N–H and O–H groups in total. The SMILES string of the molecule is COc1ccccc1OC(=O)C1c2ccccc2-c2ccccc21. The predicted octanol–water partition coefficient (Wildman–Crippen LogP) is 4.41. The van der Waals surface area contributed by atoms with Gasteiger partial charge in [0.25, 0.3) is 0 Å². The number of esters is 1. The summed E-state index contributed by atoms with van der Waals surface area (Å²) >= 11 is 0. The van der Waals surface area contributed by atoms with Crippen LogP contribution < -0.4 is 9.47 Å². The topological polar surface area (TPSA) is 35.5 Å². The fourth-order valence-corrected chi connectivity index (χ4v) is 3.28. The van der Waals surface area contributed by atoms with Gasteiger partial charge in [-0.05, 0) is 34.4 Å². The van der Waals surface area contributed by atoms with Crippen molar-refractivity contribution in [3.63, 3.8) is 0 Å². The number of hydrogen-bond acceptors (Lipinski definition) is 3. The summed E-state index contributed by atoms with van der Waals surface area (Å²) in [6, 6.07) is 23.1. The molecule has 0 spiro atoms. The first-order valence-corrected chi connectivity index (χ1v) is 7.82. The van der Waals surface area contributed by atoms with Crippen molar-refractivity contribution in [1.29, 1.82) is 0 Å². The van der Waals surface area contributed by atoms with Crippen molar-refractivity contribution in [3.8, 4) is 22.6 Å². The van der Waals surface area contributed by atoms with Crippen molar-refractivity contribution in [2.45, 2.75) is 5.92 Å². The van der Waals surface area contributed by atoms with E-state index in [1.165, 1.54) is 0 Å². The second kappa shape index (κ2) is 5.85. The van der Waals surface area contributed by atoms with Gasteiger partial charge in [0.15, 0.2) is 11.5 Å². The molecular weight excluding hydrogens is 300 g/mol. The molecule has 118 valence electrons. The Labute approximate surface area is 140 Å². The van der Waals surface area contributed by atoms with Crippen LogP contribution in [0.1, 0.15) is 17.0 Å². The molecule has 1 aliphatic rings. The van der Waals surface area contributed by atoms with Crippen molar-refractivity contribution >= 4 is 5.97 Å². The summed E-state index contributed by atoms with van der Waals surface area (Å²) in [4.78, 5) is 12.9. The molecule has 24 heavy (non-hydrogen) atoms. The number of carbonyl (C=O) groups is 1. The first kappa shape index (κ1) is 14.5. The molecule has 0 fully saturated rings. The van der Waals surface area contributed by atoms with Gasteiger partial charge in [0.1, 0.15) is 5.92 Å². The summed E-state index contributed by atoms with van der Waals surface area (Å²) in [5.74, 6) is 0.275. The van der Waals surface area contributed by atoms with E-state index in [0.29, 0.717) is 11.5 Å². The van der Waals surface area contributed by atoms with Gasteiger partial charge in [-0.2, -0.15) is 0 Å². The fourth-order valence-electron chi connectivity index (χ4n) is 3.28. The Hall–Kier alpha value is -3.07. The minimum Gasteiger partial charge on any atom is -0.493 e. The van der Waals surface area contributed by atoms with E-state index in [1.807, 2.05) is 60.7 Å². The molecule has 1 aliphatic carbocycles. The Bertz CT molecular complexity index is 869. The highest BCUT2D eigenvalue weighted by Crippen LogP contribution is 2.45. The van der Waals surface area contributed by atoms with Crippen LogP contribution in [0.4, 0.5) is 0 Å². The smallest absolute Gasteiger partial charge is 0.323 e. The minimum absolute atomic E-state index is 0.295. The van der Waals surface area contributed by atoms with E-state index in [1.54, 1.807) is 19.2 Å². The van der Waals surface area contributed by atoms with Crippen molar-refractivity contribution in [2.24, 2.45) is 0 Å². The normalized spacial score (nSPS) is 12.4. The summed E-state index contributed by atoms with van der Waals surface area (Å²) in [6.07, 6.45) is 0. The molecule has 4 rings (SSSR count). The van der Waals surface area contributed by atoms with Gasteiger partial charge in [-0.25, -0.2) is 0 Å². The molecular formula is C21H16O3. The second-order valence-electron chi connectivity index (χ2n) is 5.68.